The highest BCUT2D eigenvalue weighted by Gasteiger charge is 2.40. The second kappa shape index (κ2) is 4.58. The first-order valence-electron chi connectivity index (χ1n) is 6.86. The van der Waals surface area contributed by atoms with Crippen LogP contribution < -0.4 is 5.32 Å². The Labute approximate surface area is 113 Å². The van der Waals surface area contributed by atoms with Crippen molar-refractivity contribution in [3.05, 3.63) is 16.1 Å². The van der Waals surface area contributed by atoms with Crippen LogP contribution in [0.2, 0.25) is 0 Å². The smallest absolute Gasteiger partial charge is 0.0982 e. The Kier molecular flexibility index (Phi) is 3.20. The summed E-state index contributed by atoms with van der Waals surface area (Å²) in [5.74, 6) is 0. The molecule has 2 bridgehead atoms. The van der Waals surface area contributed by atoms with Gasteiger partial charge in [-0.1, -0.05) is 20.8 Å². The van der Waals surface area contributed by atoms with Gasteiger partial charge in [0.15, 0.2) is 0 Å². The molecule has 100 valence electrons. The van der Waals surface area contributed by atoms with E-state index in [4.69, 9.17) is 9.72 Å². The fraction of sp³-hybridized carbons (Fsp3) is 0.786. The Hall–Kier alpha value is -0.450. The molecular formula is C14H22N2OS. The molecule has 1 N–H and O–H groups in total. The van der Waals surface area contributed by atoms with Crippen molar-refractivity contribution in [3.63, 3.8) is 0 Å². The Morgan fingerprint density at radius 1 is 1.44 bits per heavy atom. The van der Waals surface area contributed by atoms with Crippen LogP contribution in [0.15, 0.2) is 5.38 Å². The predicted octanol–water partition coefficient (Wildman–Crippen LogP) is 2.85. The zero-order chi connectivity index (χ0) is 12.8. The van der Waals surface area contributed by atoms with Gasteiger partial charge in [0.2, 0.25) is 0 Å². The van der Waals surface area contributed by atoms with Gasteiger partial charge < -0.3 is 10.1 Å². The average molecular weight is 266 g/mol. The summed E-state index contributed by atoms with van der Waals surface area (Å²) < 4.78 is 5.85. The summed E-state index contributed by atoms with van der Waals surface area (Å²) in [6.07, 6.45) is 4.64. The normalized spacial score (nSPS) is 31.2. The van der Waals surface area contributed by atoms with E-state index in [0.717, 1.165) is 6.54 Å². The Morgan fingerprint density at radius 3 is 2.83 bits per heavy atom. The third-order valence-electron chi connectivity index (χ3n) is 3.84. The molecule has 2 fully saturated rings. The van der Waals surface area contributed by atoms with Crippen molar-refractivity contribution in [1.82, 2.24) is 10.3 Å². The second-order valence-electron chi connectivity index (χ2n) is 6.49. The number of hydrogen-bond acceptors (Lipinski definition) is 4. The van der Waals surface area contributed by atoms with Gasteiger partial charge >= 0.3 is 0 Å². The number of aromatic nitrogens is 1. The minimum absolute atomic E-state index is 0.165. The van der Waals surface area contributed by atoms with Gasteiger partial charge in [-0.2, -0.15) is 0 Å². The second-order valence-corrected chi connectivity index (χ2v) is 7.35. The number of hydrogen-bond donors (Lipinski definition) is 1. The maximum Gasteiger partial charge on any atom is 0.0982 e. The van der Waals surface area contributed by atoms with Crippen molar-refractivity contribution < 1.29 is 4.74 Å². The van der Waals surface area contributed by atoms with E-state index in [1.54, 1.807) is 11.3 Å². The van der Waals surface area contributed by atoms with E-state index in [0.29, 0.717) is 18.2 Å². The minimum atomic E-state index is 0.165. The Morgan fingerprint density at radius 2 is 2.28 bits per heavy atom. The summed E-state index contributed by atoms with van der Waals surface area (Å²) in [4.78, 5) is 4.72. The van der Waals surface area contributed by atoms with Gasteiger partial charge in [-0.05, 0) is 19.3 Å². The Bertz CT molecular complexity index is 424. The summed E-state index contributed by atoms with van der Waals surface area (Å²) >= 11 is 1.77. The van der Waals surface area contributed by atoms with Crippen LogP contribution in [-0.4, -0.2) is 23.2 Å². The van der Waals surface area contributed by atoms with Crippen LogP contribution in [0, 0.1) is 0 Å². The van der Waals surface area contributed by atoms with Crippen molar-refractivity contribution in [2.45, 2.75) is 70.2 Å². The highest BCUT2D eigenvalue weighted by Crippen LogP contribution is 2.34. The third-order valence-corrected chi connectivity index (χ3v) is 5.16. The summed E-state index contributed by atoms with van der Waals surface area (Å²) in [5.41, 5.74) is 1.34. The molecule has 18 heavy (non-hydrogen) atoms. The van der Waals surface area contributed by atoms with Crippen molar-refractivity contribution in [3.8, 4) is 0 Å². The number of ether oxygens (including phenoxy) is 1. The van der Waals surface area contributed by atoms with Crippen LogP contribution in [0.1, 0.15) is 50.7 Å². The molecule has 3 heterocycles. The molecule has 3 atom stereocenters. The molecule has 2 aliphatic rings. The molecule has 2 aliphatic heterocycles. The molecule has 0 aromatic carbocycles. The van der Waals surface area contributed by atoms with E-state index >= 15 is 0 Å². The number of nitrogens with zero attached hydrogens (tertiary/aromatic N) is 1. The lowest BCUT2D eigenvalue weighted by Crippen LogP contribution is -2.37. The van der Waals surface area contributed by atoms with Gasteiger partial charge in [0.25, 0.3) is 0 Å². The van der Waals surface area contributed by atoms with E-state index in [1.807, 2.05) is 0 Å². The maximum atomic E-state index is 5.85. The molecule has 0 spiro atoms. The van der Waals surface area contributed by atoms with Gasteiger partial charge in [-0.25, -0.2) is 4.98 Å². The summed E-state index contributed by atoms with van der Waals surface area (Å²) in [7, 11) is 0. The fourth-order valence-electron chi connectivity index (χ4n) is 2.82. The zero-order valence-corrected chi connectivity index (χ0v) is 12.2. The Balaban J connectivity index is 1.56. The van der Waals surface area contributed by atoms with E-state index in [2.05, 4.69) is 31.5 Å². The van der Waals surface area contributed by atoms with Gasteiger partial charge in [-0.3, -0.25) is 0 Å². The average Bonchev–Trinajstić information content (AvgIpc) is 3.01. The molecule has 1 aromatic heterocycles. The summed E-state index contributed by atoms with van der Waals surface area (Å²) in [5, 5.41) is 7.02. The summed E-state index contributed by atoms with van der Waals surface area (Å²) in [6, 6.07) is 0.545. The molecule has 0 aliphatic carbocycles. The monoisotopic (exact) mass is 266 g/mol. The zero-order valence-electron chi connectivity index (χ0n) is 11.4. The van der Waals surface area contributed by atoms with Crippen LogP contribution in [-0.2, 0) is 16.7 Å². The van der Waals surface area contributed by atoms with E-state index in [9.17, 15) is 0 Å². The molecule has 1 aromatic rings. The standard InChI is InChI=1S/C14H22N2OS/c1-14(2,3)13-16-9(8-18-13)7-15-11-6-10-4-5-12(11)17-10/h8,10-12,15H,4-7H2,1-3H3. The highest BCUT2D eigenvalue weighted by molar-refractivity contribution is 7.09. The molecule has 3 rings (SSSR count). The number of rotatable bonds is 3. The molecule has 2 saturated heterocycles. The number of thiazole rings is 1. The maximum absolute atomic E-state index is 5.85. The molecule has 0 radical (unpaired) electrons. The van der Waals surface area contributed by atoms with Gasteiger partial charge in [0.1, 0.15) is 0 Å². The molecule has 0 saturated carbocycles. The third kappa shape index (κ3) is 2.46. The minimum Gasteiger partial charge on any atom is -0.373 e. The number of fused-ring (bicyclic) bond motifs is 2. The van der Waals surface area contributed by atoms with Crippen molar-refractivity contribution in [1.29, 1.82) is 0 Å². The fourth-order valence-corrected chi connectivity index (χ4v) is 3.73. The summed E-state index contributed by atoms with van der Waals surface area (Å²) in [6.45, 7) is 7.52. The lowest BCUT2D eigenvalue weighted by molar-refractivity contribution is 0.0972. The van der Waals surface area contributed by atoms with E-state index < -0.39 is 0 Å². The van der Waals surface area contributed by atoms with Crippen LogP contribution in [0.25, 0.3) is 0 Å². The van der Waals surface area contributed by atoms with Crippen LogP contribution in [0.5, 0.6) is 0 Å². The topological polar surface area (TPSA) is 34.2 Å². The molecule has 3 unspecified atom stereocenters. The largest absolute Gasteiger partial charge is 0.373 e. The molecule has 4 heteroatoms. The first-order valence-corrected chi connectivity index (χ1v) is 7.74. The van der Waals surface area contributed by atoms with Crippen molar-refractivity contribution in [2.24, 2.45) is 0 Å². The quantitative estimate of drug-likeness (QED) is 0.913. The van der Waals surface area contributed by atoms with Crippen LogP contribution in [0.3, 0.4) is 0 Å². The predicted molar refractivity (Wildman–Crippen MR) is 74.0 cm³/mol. The lowest BCUT2D eigenvalue weighted by Gasteiger charge is -2.19. The van der Waals surface area contributed by atoms with Gasteiger partial charge in [0, 0.05) is 23.4 Å². The molecule has 0 amide bonds. The van der Waals surface area contributed by atoms with Crippen molar-refractivity contribution in [2.75, 3.05) is 0 Å². The van der Waals surface area contributed by atoms with E-state index in [-0.39, 0.29) is 5.41 Å². The van der Waals surface area contributed by atoms with E-state index in [1.165, 1.54) is 30.0 Å². The SMILES string of the molecule is CC(C)(C)c1nc(CNC2CC3CCC2O3)cs1. The lowest BCUT2D eigenvalue weighted by atomic mass is 9.95. The van der Waals surface area contributed by atoms with Gasteiger partial charge in [-0.15, -0.1) is 11.3 Å². The number of nitrogens with one attached hydrogen (secondary N) is 1. The first kappa shape index (κ1) is 12.6. The highest BCUT2D eigenvalue weighted by atomic mass is 32.1. The van der Waals surface area contributed by atoms with Crippen molar-refractivity contribution >= 4 is 11.3 Å². The van der Waals surface area contributed by atoms with Crippen LogP contribution in [0.4, 0.5) is 0 Å². The molecular weight excluding hydrogens is 244 g/mol. The first-order chi connectivity index (χ1) is 8.52. The molecule has 3 nitrogen and oxygen atoms in total. The van der Waals surface area contributed by atoms with Crippen LogP contribution >= 0.6 is 11.3 Å². The van der Waals surface area contributed by atoms with Gasteiger partial charge in [0.05, 0.1) is 22.9 Å².